The van der Waals surface area contributed by atoms with Crippen molar-refractivity contribution in [2.75, 3.05) is 0 Å². The quantitative estimate of drug-likeness (QED) is 0.629. The molecule has 1 radical (unpaired) electrons. The Bertz CT molecular complexity index is 194. The van der Waals surface area contributed by atoms with Crippen molar-refractivity contribution < 1.29 is 0 Å². The molecule has 0 bridgehead atoms. The number of halogens is 1. The Morgan fingerprint density at radius 3 is 2.89 bits per heavy atom. The van der Waals surface area contributed by atoms with Crippen molar-refractivity contribution in [2.45, 2.75) is 13.3 Å². The average Bonchev–Trinajstić information content (AvgIpc) is 1.89. The molecule has 0 aliphatic rings. The van der Waals surface area contributed by atoms with Gasteiger partial charge in [-0.2, -0.15) is 0 Å². The number of hydrogen-bond acceptors (Lipinski definition) is 0. The number of benzene rings is 1. The van der Waals surface area contributed by atoms with Crippen molar-refractivity contribution in [3.8, 4) is 0 Å². The molecule has 0 nitrogen and oxygen atoms in total. The Balaban J connectivity index is 3.01. The second-order valence-corrected chi connectivity index (χ2v) is 2.70. The molecule has 1 rings (SSSR count). The molecule has 0 amide bonds. The van der Waals surface area contributed by atoms with E-state index in [0.29, 0.717) is 0 Å². The third-order valence-electron chi connectivity index (χ3n) is 1.24. The SMILES string of the molecule is CCc1[c]cccc1Br. The minimum atomic E-state index is 1.04. The normalized spacial score (nSPS) is 9.56. The summed E-state index contributed by atoms with van der Waals surface area (Å²) in [7, 11) is 0. The van der Waals surface area contributed by atoms with Gasteiger partial charge in [0.05, 0.1) is 0 Å². The summed E-state index contributed by atoms with van der Waals surface area (Å²) in [6, 6.07) is 9.09. The van der Waals surface area contributed by atoms with Gasteiger partial charge in [-0.3, -0.25) is 0 Å². The van der Waals surface area contributed by atoms with Gasteiger partial charge in [-0.15, -0.1) is 0 Å². The summed E-state index contributed by atoms with van der Waals surface area (Å²) in [6.07, 6.45) is 1.04. The van der Waals surface area contributed by atoms with Gasteiger partial charge in [-0.25, -0.2) is 0 Å². The second kappa shape index (κ2) is 3.02. The van der Waals surface area contributed by atoms with E-state index in [1.807, 2.05) is 18.2 Å². The molecule has 0 fully saturated rings. The number of rotatable bonds is 1. The van der Waals surface area contributed by atoms with Crippen molar-refractivity contribution in [1.82, 2.24) is 0 Å². The predicted molar refractivity (Wildman–Crippen MR) is 42.4 cm³/mol. The van der Waals surface area contributed by atoms with Gasteiger partial charge in [0.2, 0.25) is 0 Å². The fourth-order valence-electron chi connectivity index (χ4n) is 0.722. The molecule has 0 spiro atoms. The Labute approximate surface area is 64.0 Å². The van der Waals surface area contributed by atoms with Gasteiger partial charge in [0, 0.05) is 4.47 Å². The molecule has 0 aliphatic carbocycles. The lowest BCUT2D eigenvalue weighted by atomic mass is 10.2. The predicted octanol–water partition coefficient (Wildman–Crippen LogP) is 2.81. The van der Waals surface area contributed by atoms with Gasteiger partial charge < -0.3 is 0 Å². The summed E-state index contributed by atoms with van der Waals surface area (Å²) >= 11 is 3.43. The summed E-state index contributed by atoms with van der Waals surface area (Å²) < 4.78 is 1.16. The van der Waals surface area contributed by atoms with Crippen LogP contribution in [-0.4, -0.2) is 0 Å². The molecule has 9 heavy (non-hydrogen) atoms. The van der Waals surface area contributed by atoms with Gasteiger partial charge in [0.15, 0.2) is 0 Å². The highest BCUT2D eigenvalue weighted by Crippen LogP contribution is 2.14. The monoisotopic (exact) mass is 183 g/mol. The lowest BCUT2D eigenvalue weighted by Crippen LogP contribution is -1.79. The van der Waals surface area contributed by atoms with Gasteiger partial charge >= 0.3 is 0 Å². The van der Waals surface area contributed by atoms with Crippen molar-refractivity contribution in [3.63, 3.8) is 0 Å². The largest absolute Gasteiger partial charge is 0.0612 e. The topological polar surface area (TPSA) is 0 Å². The standard InChI is InChI=1S/C8H8Br/c1-2-7-5-3-4-6-8(7)9/h3-4,6H,2H2,1H3. The van der Waals surface area contributed by atoms with E-state index < -0.39 is 0 Å². The molecule has 0 aliphatic heterocycles. The lowest BCUT2D eigenvalue weighted by Gasteiger charge is -1.95. The molecule has 1 heteroatoms. The van der Waals surface area contributed by atoms with Crippen LogP contribution in [0.5, 0.6) is 0 Å². The average molecular weight is 184 g/mol. The van der Waals surface area contributed by atoms with Crippen LogP contribution in [-0.2, 0) is 6.42 Å². The molecule has 0 atom stereocenters. The van der Waals surface area contributed by atoms with Crippen LogP contribution in [0, 0.1) is 6.07 Å². The fourth-order valence-corrected chi connectivity index (χ4v) is 1.27. The number of hydrogen-bond donors (Lipinski definition) is 0. The summed E-state index contributed by atoms with van der Waals surface area (Å²) in [5.74, 6) is 0. The van der Waals surface area contributed by atoms with E-state index in [1.54, 1.807) is 0 Å². The zero-order valence-electron chi connectivity index (χ0n) is 5.32. The van der Waals surface area contributed by atoms with Crippen LogP contribution < -0.4 is 0 Å². The van der Waals surface area contributed by atoms with Crippen LogP contribution in [0.1, 0.15) is 12.5 Å². The van der Waals surface area contributed by atoms with Gasteiger partial charge in [-0.1, -0.05) is 35.0 Å². The van der Waals surface area contributed by atoms with Gasteiger partial charge in [0.1, 0.15) is 0 Å². The van der Waals surface area contributed by atoms with Crippen molar-refractivity contribution in [1.29, 1.82) is 0 Å². The third-order valence-corrected chi connectivity index (χ3v) is 1.98. The molecular weight excluding hydrogens is 176 g/mol. The molecule has 0 unspecified atom stereocenters. The van der Waals surface area contributed by atoms with Gasteiger partial charge in [0.25, 0.3) is 0 Å². The van der Waals surface area contributed by atoms with Crippen LogP contribution >= 0.6 is 15.9 Å². The van der Waals surface area contributed by atoms with E-state index in [0.717, 1.165) is 10.9 Å². The maximum atomic E-state index is 3.43. The maximum Gasteiger partial charge on any atom is 0.0213 e. The summed E-state index contributed by atoms with van der Waals surface area (Å²) in [5.41, 5.74) is 1.25. The van der Waals surface area contributed by atoms with Crippen molar-refractivity contribution in [2.24, 2.45) is 0 Å². The van der Waals surface area contributed by atoms with Gasteiger partial charge in [-0.05, 0) is 24.1 Å². The number of aryl methyl sites for hydroxylation is 1. The summed E-state index contributed by atoms with van der Waals surface area (Å²) in [4.78, 5) is 0. The molecule has 0 N–H and O–H groups in total. The molecule has 47 valence electrons. The highest BCUT2D eigenvalue weighted by atomic mass is 79.9. The Kier molecular flexibility index (Phi) is 2.29. The highest BCUT2D eigenvalue weighted by Gasteiger charge is 1.92. The summed E-state index contributed by atoms with van der Waals surface area (Å²) in [5, 5.41) is 0. The van der Waals surface area contributed by atoms with Crippen LogP contribution in [0.2, 0.25) is 0 Å². The Morgan fingerprint density at radius 2 is 2.44 bits per heavy atom. The van der Waals surface area contributed by atoms with Crippen LogP contribution in [0.4, 0.5) is 0 Å². The lowest BCUT2D eigenvalue weighted by molar-refractivity contribution is 1.12. The van der Waals surface area contributed by atoms with E-state index >= 15 is 0 Å². The van der Waals surface area contributed by atoms with Crippen molar-refractivity contribution in [3.05, 3.63) is 34.3 Å². The highest BCUT2D eigenvalue weighted by molar-refractivity contribution is 9.10. The molecule has 0 heterocycles. The Morgan fingerprint density at radius 1 is 1.67 bits per heavy atom. The van der Waals surface area contributed by atoms with Crippen LogP contribution in [0.25, 0.3) is 0 Å². The first-order chi connectivity index (χ1) is 4.34. The molecular formula is C8H8Br. The Hall–Kier alpha value is -0.300. The minimum Gasteiger partial charge on any atom is -0.0612 e. The summed E-state index contributed by atoms with van der Waals surface area (Å²) in [6.45, 7) is 2.12. The first kappa shape index (κ1) is 6.81. The minimum absolute atomic E-state index is 1.04. The van der Waals surface area contributed by atoms with E-state index in [2.05, 4.69) is 28.9 Å². The molecule has 1 aromatic rings. The van der Waals surface area contributed by atoms with E-state index in [-0.39, 0.29) is 0 Å². The molecule has 1 aromatic carbocycles. The van der Waals surface area contributed by atoms with E-state index in [9.17, 15) is 0 Å². The zero-order chi connectivity index (χ0) is 6.69. The molecule has 0 aromatic heterocycles. The first-order valence-corrected chi connectivity index (χ1v) is 3.79. The fraction of sp³-hybridized carbons (Fsp3) is 0.250. The smallest absolute Gasteiger partial charge is 0.0213 e. The molecule has 0 saturated carbocycles. The van der Waals surface area contributed by atoms with Crippen molar-refractivity contribution >= 4 is 15.9 Å². The van der Waals surface area contributed by atoms with Crippen LogP contribution in [0.3, 0.4) is 0 Å². The maximum absolute atomic E-state index is 3.43. The van der Waals surface area contributed by atoms with E-state index in [1.165, 1.54) is 5.56 Å². The third kappa shape index (κ3) is 1.55. The molecule has 0 saturated heterocycles. The first-order valence-electron chi connectivity index (χ1n) is 2.99. The zero-order valence-corrected chi connectivity index (χ0v) is 6.90. The second-order valence-electron chi connectivity index (χ2n) is 1.85. The van der Waals surface area contributed by atoms with Crippen LogP contribution in [0.15, 0.2) is 22.7 Å². The van der Waals surface area contributed by atoms with E-state index in [4.69, 9.17) is 0 Å².